The number of hydrogen-bond donors (Lipinski definition) is 0. The van der Waals surface area contributed by atoms with E-state index in [-0.39, 0.29) is 0 Å². The first-order valence-corrected chi connectivity index (χ1v) is 22.9. The van der Waals surface area contributed by atoms with E-state index in [2.05, 4.69) is 25.7 Å². The lowest BCUT2D eigenvalue weighted by Gasteiger charge is -2.08. The number of carbonyl (C=O) groups excluding carboxylic acids is 1. The summed E-state index contributed by atoms with van der Waals surface area (Å²) in [6.07, 6.45) is 31.3. The molecule has 0 fully saturated rings. The Balaban J connectivity index is 1.24. The van der Waals surface area contributed by atoms with Crippen LogP contribution in [0.1, 0.15) is 189 Å². The zero-order chi connectivity index (χ0) is 39.0. The topological polar surface area (TPSA) is 61.8 Å². The molecule has 6 heteroatoms. The van der Waals surface area contributed by atoms with E-state index < -0.39 is 17.0 Å². The van der Waals surface area contributed by atoms with Gasteiger partial charge in [0.1, 0.15) is 11.5 Å². The van der Waals surface area contributed by atoms with Gasteiger partial charge in [0.05, 0.1) is 23.7 Å². The Kier molecular flexibility index (Phi) is 25.7. The van der Waals surface area contributed by atoms with Crippen LogP contribution in [0.15, 0.2) is 77.7 Å². The van der Waals surface area contributed by atoms with E-state index in [1.165, 1.54) is 135 Å². The van der Waals surface area contributed by atoms with Crippen LogP contribution >= 0.6 is 0 Å². The van der Waals surface area contributed by atoms with Crippen molar-refractivity contribution in [2.45, 2.75) is 173 Å². The van der Waals surface area contributed by atoms with Gasteiger partial charge in [-0.3, -0.25) is 4.18 Å². The van der Waals surface area contributed by atoms with E-state index in [9.17, 15) is 9.00 Å². The molecule has 1 unspecified atom stereocenters. The lowest BCUT2D eigenvalue weighted by molar-refractivity contribution is 0.0734. The number of ether oxygens (including phenoxy) is 2. The molecule has 302 valence electrons. The SMILES string of the molecule is CCCCCCCCCCCCCCCCOc1ccc(C(=O)Oc2ccc(C#Cc3ccc(S(=O)OCCCCCCCCCCCC)cc3)cc2)cc1. The Hall–Kier alpha value is -3.40. The zero-order valence-corrected chi connectivity index (χ0v) is 35.1. The average molecular weight is 771 g/mol. The highest BCUT2D eigenvalue weighted by atomic mass is 32.2. The molecule has 0 aromatic heterocycles. The van der Waals surface area contributed by atoms with Gasteiger partial charge < -0.3 is 9.47 Å². The fourth-order valence-electron chi connectivity index (χ4n) is 6.53. The summed E-state index contributed by atoms with van der Waals surface area (Å²) in [7, 11) is 0. The minimum absolute atomic E-state index is 0.415. The summed E-state index contributed by atoms with van der Waals surface area (Å²) in [4.78, 5) is 13.4. The Labute approximate surface area is 337 Å². The molecular formula is C49H70O5S. The van der Waals surface area contributed by atoms with Crippen molar-refractivity contribution < 1.29 is 22.7 Å². The zero-order valence-electron chi connectivity index (χ0n) is 34.3. The quantitative estimate of drug-likeness (QED) is 0.0282. The number of hydrogen-bond acceptors (Lipinski definition) is 5. The van der Waals surface area contributed by atoms with Gasteiger partial charge in [-0.05, 0) is 85.6 Å². The lowest BCUT2D eigenvalue weighted by Crippen LogP contribution is -2.08. The molecule has 0 heterocycles. The van der Waals surface area contributed by atoms with E-state index in [0.717, 1.165) is 36.1 Å². The van der Waals surface area contributed by atoms with E-state index >= 15 is 0 Å². The molecule has 0 radical (unpaired) electrons. The minimum atomic E-state index is -1.47. The fourth-order valence-corrected chi connectivity index (χ4v) is 7.30. The summed E-state index contributed by atoms with van der Waals surface area (Å²) in [5.74, 6) is 7.09. The Morgan fingerprint density at radius 1 is 0.473 bits per heavy atom. The van der Waals surface area contributed by atoms with Gasteiger partial charge in [0.25, 0.3) is 0 Å². The number of rotatable bonds is 31. The molecule has 0 N–H and O–H groups in total. The van der Waals surface area contributed by atoms with Gasteiger partial charge in [-0.2, -0.15) is 0 Å². The van der Waals surface area contributed by atoms with E-state index in [0.29, 0.717) is 29.4 Å². The van der Waals surface area contributed by atoms with Crippen LogP contribution in [0.3, 0.4) is 0 Å². The molecule has 0 amide bonds. The standard InChI is InChI=1S/C49H70O5S/c1-3-5-7-9-11-13-15-16-17-18-19-21-23-25-41-52-46-37-33-45(34-38-46)49(50)54-47-35-29-43(30-36-47)27-28-44-31-39-48(40-32-44)55(51)53-42-26-24-22-20-14-12-10-8-6-4-2/h29-40H,3-26,41-42H2,1-2H3. The van der Waals surface area contributed by atoms with Crippen molar-refractivity contribution in [2.24, 2.45) is 0 Å². The highest BCUT2D eigenvalue weighted by Gasteiger charge is 2.09. The van der Waals surface area contributed by atoms with Crippen molar-refractivity contribution in [3.05, 3.63) is 89.5 Å². The second-order valence-corrected chi connectivity index (χ2v) is 16.1. The average Bonchev–Trinajstić information content (AvgIpc) is 3.21. The molecule has 3 aromatic rings. The largest absolute Gasteiger partial charge is 0.494 e. The fraction of sp³-hybridized carbons (Fsp3) is 0.571. The maximum absolute atomic E-state index is 12.7. The Bertz CT molecular complexity index is 1490. The van der Waals surface area contributed by atoms with E-state index in [1.54, 1.807) is 36.4 Å². The van der Waals surface area contributed by atoms with Crippen molar-refractivity contribution in [1.29, 1.82) is 0 Å². The molecule has 0 saturated heterocycles. The number of benzene rings is 3. The van der Waals surface area contributed by atoms with Crippen LogP contribution in [-0.4, -0.2) is 23.4 Å². The lowest BCUT2D eigenvalue weighted by atomic mass is 10.0. The van der Waals surface area contributed by atoms with Crippen molar-refractivity contribution >= 4 is 17.0 Å². The maximum Gasteiger partial charge on any atom is 0.343 e. The third-order valence-electron chi connectivity index (χ3n) is 10.0. The van der Waals surface area contributed by atoms with E-state index in [1.807, 2.05) is 36.4 Å². The Morgan fingerprint density at radius 3 is 1.31 bits per heavy atom. The first-order valence-electron chi connectivity index (χ1n) is 21.8. The summed E-state index contributed by atoms with van der Waals surface area (Å²) < 4.78 is 29.6. The molecule has 0 saturated carbocycles. The number of carbonyl (C=O) groups is 1. The molecule has 5 nitrogen and oxygen atoms in total. The third-order valence-corrected chi connectivity index (χ3v) is 11.0. The highest BCUT2D eigenvalue weighted by molar-refractivity contribution is 7.80. The smallest absolute Gasteiger partial charge is 0.343 e. The predicted molar refractivity (Wildman–Crippen MR) is 230 cm³/mol. The van der Waals surface area contributed by atoms with Crippen molar-refractivity contribution in [3.63, 3.8) is 0 Å². The van der Waals surface area contributed by atoms with Crippen molar-refractivity contribution in [3.8, 4) is 23.3 Å². The first-order chi connectivity index (χ1) is 27.1. The van der Waals surface area contributed by atoms with Gasteiger partial charge >= 0.3 is 5.97 Å². The molecule has 0 aliphatic carbocycles. The van der Waals surface area contributed by atoms with Gasteiger partial charge in [-0.1, -0.05) is 167 Å². The molecule has 1 atom stereocenters. The summed E-state index contributed by atoms with van der Waals surface area (Å²) >= 11 is -1.47. The van der Waals surface area contributed by atoms with Crippen molar-refractivity contribution in [2.75, 3.05) is 13.2 Å². The number of unbranched alkanes of at least 4 members (excludes halogenated alkanes) is 22. The molecular weight excluding hydrogens is 701 g/mol. The molecule has 55 heavy (non-hydrogen) atoms. The van der Waals surface area contributed by atoms with Gasteiger partial charge in [0.2, 0.25) is 0 Å². The summed E-state index contributed by atoms with van der Waals surface area (Å²) in [6.45, 7) is 5.73. The van der Waals surface area contributed by atoms with E-state index in [4.69, 9.17) is 13.7 Å². The molecule has 3 rings (SSSR count). The molecule has 0 spiro atoms. The van der Waals surface area contributed by atoms with Gasteiger partial charge in [0, 0.05) is 11.1 Å². The van der Waals surface area contributed by atoms with Crippen LogP contribution in [0.25, 0.3) is 0 Å². The number of esters is 1. The molecule has 0 bridgehead atoms. The van der Waals surface area contributed by atoms with Crippen molar-refractivity contribution in [1.82, 2.24) is 0 Å². The minimum Gasteiger partial charge on any atom is -0.494 e. The first kappa shape index (κ1) is 46.0. The van der Waals surface area contributed by atoms with Crippen LogP contribution in [0.2, 0.25) is 0 Å². The van der Waals surface area contributed by atoms with Gasteiger partial charge in [-0.25, -0.2) is 9.00 Å². The summed E-state index contributed by atoms with van der Waals surface area (Å²) in [5.41, 5.74) is 2.09. The molecule has 3 aromatic carbocycles. The van der Waals surface area contributed by atoms with Crippen LogP contribution in [0.5, 0.6) is 11.5 Å². The second-order valence-electron chi connectivity index (χ2n) is 14.9. The van der Waals surface area contributed by atoms with Crippen LogP contribution in [0.4, 0.5) is 0 Å². The molecule has 0 aliphatic heterocycles. The van der Waals surface area contributed by atoms with Gasteiger partial charge in [0.15, 0.2) is 11.1 Å². The monoisotopic (exact) mass is 770 g/mol. The second kappa shape index (κ2) is 30.8. The molecule has 0 aliphatic rings. The maximum atomic E-state index is 12.7. The van der Waals surface area contributed by atoms with Crippen LogP contribution in [0, 0.1) is 11.8 Å². The third kappa shape index (κ3) is 22.1. The highest BCUT2D eigenvalue weighted by Crippen LogP contribution is 2.19. The summed E-state index contributed by atoms with van der Waals surface area (Å²) in [6, 6.07) is 21.6. The predicted octanol–water partition coefficient (Wildman–Crippen LogP) is 14.1. The Morgan fingerprint density at radius 2 is 0.855 bits per heavy atom. The van der Waals surface area contributed by atoms with Crippen LogP contribution in [-0.2, 0) is 15.3 Å². The normalized spacial score (nSPS) is 11.5. The summed E-state index contributed by atoms with van der Waals surface area (Å²) in [5, 5.41) is 0. The van der Waals surface area contributed by atoms with Crippen LogP contribution < -0.4 is 9.47 Å². The van der Waals surface area contributed by atoms with Gasteiger partial charge in [-0.15, -0.1) is 0 Å².